The van der Waals surface area contributed by atoms with Crippen LogP contribution in [0.2, 0.25) is 5.02 Å². The molecule has 2 fully saturated rings. The van der Waals surface area contributed by atoms with Gasteiger partial charge in [0.25, 0.3) is 0 Å². The largest absolute Gasteiger partial charge is 0.342 e. The molecule has 0 N–H and O–H groups in total. The number of nitrogens with zero attached hydrogens (tertiary/aromatic N) is 2. The Morgan fingerprint density at radius 1 is 1.13 bits per heavy atom. The normalized spacial score (nSPS) is 19.4. The van der Waals surface area contributed by atoms with Crippen molar-refractivity contribution in [1.29, 1.82) is 0 Å². The van der Waals surface area contributed by atoms with E-state index in [0.29, 0.717) is 16.4 Å². The second-order valence-electron chi connectivity index (χ2n) is 9.27. The van der Waals surface area contributed by atoms with Crippen molar-refractivity contribution in [2.24, 2.45) is 5.41 Å². The first-order valence-corrected chi connectivity index (χ1v) is 11.4. The minimum atomic E-state index is -0.211. The van der Waals surface area contributed by atoms with Gasteiger partial charge >= 0.3 is 0 Å². The molecule has 0 radical (unpaired) electrons. The molecule has 2 aliphatic rings. The number of benzene rings is 2. The zero-order chi connectivity index (χ0) is 21.6. The van der Waals surface area contributed by atoms with Gasteiger partial charge in [0.05, 0.1) is 11.4 Å². The van der Waals surface area contributed by atoms with Gasteiger partial charge in [-0.15, -0.1) is 0 Å². The van der Waals surface area contributed by atoms with Gasteiger partial charge < -0.3 is 4.90 Å². The minimum Gasteiger partial charge on any atom is -0.342 e. The van der Waals surface area contributed by atoms with E-state index in [-0.39, 0.29) is 17.6 Å². The monoisotopic (exact) mass is 436 g/mol. The quantitative estimate of drug-likeness (QED) is 0.481. The van der Waals surface area contributed by atoms with Gasteiger partial charge in [-0.1, -0.05) is 23.7 Å². The summed E-state index contributed by atoms with van der Waals surface area (Å²) in [5.41, 5.74) is 3.39. The maximum atomic E-state index is 13.8. The molecule has 160 valence electrons. The summed E-state index contributed by atoms with van der Waals surface area (Å²) in [4.78, 5) is 19.4. The van der Waals surface area contributed by atoms with Crippen LogP contribution in [-0.2, 0) is 4.79 Å². The number of likely N-dealkylation sites (tertiary alicyclic amines) is 1. The van der Waals surface area contributed by atoms with Crippen LogP contribution < -0.4 is 0 Å². The second kappa shape index (κ2) is 7.90. The van der Waals surface area contributed by atoms with Crippen molar-refractivity contribution in [3.8, 4) is 0 Å². The number of fused-ring (bicyclic) bond motifs is 1. The number of pyridine rings is 1. The van der Waals surface area contributed by atoms with E-state index in [4.69, 9.17) is 11.6 Å². The third-order valence-corrected chi connectivity index (χ3v) is 7.66. The van der Waals surface area contributed by atoms with Crippen molar-refractivity contribution in [2.75, 3.05) is 13.1 Å². The van der Waals surface area contributed by atoms with Crippen molar-refractivity contribution in [1.82, 2.24) is 9.88 Å². The predicted octanol–water partition coefficient (Wildman–Crippen LogP) is 6.32. The van der Waals surface area contributed by atoms with Crippen LogP contribution in [0.15, 0.2) is 54.7 Å². The zero-order valence-electron chi connectivity index (χ0n) is 17.7. The van der Waals surface area contributed by atoms with E-state index in [9.17, 15) is 9.18 Å². The molecule has 3 aromatic rings. The molecule has 2 aromatic carbocycles. The lowest BCUT2D eigenvalue weighted by Gasteiger charge is -2.53. The van der Waals surface area contributed by atoms with Crippen LogP contribution in [0.25, 0.3) is 10.9 Å². The number of hydrogen-bond acceptors (Lipinski definition) is 2. The third-order valence-electron chi connectivity index (χ3n) is 7.41. The van der Waals surface area contributed by atoms with Gasteiger partial charge in [0.2, 0.25) is 5.91 Å². The topological polar surface area (TPSA) is 33.2 Å². The summed E-state index contributed by atoms with van der Waals surface area (Å²) in [5.74, 6) is 0.280. The fraction of sp³-hybridized carbons (Fsp3) is 0.385. The van der Waals surface area contributed by atoms with Crippen LogP contribution in [0.4, 0.5) is 4.39 Å². The molecule has 1 atom stereocenters. The van der Waals surface area contributed by atoms with Crippen molar-refractivity contribution in [2.45, 2.75) is 44.4 Å². The molecule has 31 heavy (non-hydrogen) atoms. The summed E-state index contributed by atoms with van der Waals surface area (Å²) in [6.45, 7) is 3.60. The maximum Gasteiger partial charge on any atom is 0.229 e. The van der Waals surface area contributed by atoms with Crippen LogP contribution in [0.3, 0.4) is 0 Å². The van der Waals surface area contributed by atoms with Crippen molar-refractivity contribution >= 4 is 28.4 Å². The van der Waals surface area contributed by atoms with Crippen LogP contribution >= 0.6 is 11.6 Å². The van der Waals surface area contributed by atoms with E-state index in [1.54, 1.807) is 12.1 Å². The number of carbonyl (C=O) groups excluding carboxylic acids is 1. The van der Waals surface area contributed by atoms with E-state index < -0.39 is 0 Å². The highest BCUT2D eigenvalue weighted by Crippen LogP contribution is 2.57. The standard InChI is InChI=1S/C26H26ClFN2O/c1-17(18-2-4-20(27)5-3-18)25(31)30-12-9-26(10-13-30)15-19(16-26)22-8-11-29-24-7-6-21(28)14-23(22)24/h2-8,11,14,17,19H,9-10,12-13,15-16H2,1H3. The number of piperidine rings is 1. The van der Waals surface area contributed by atoms with Crippen LogP contribution in [0.5, 0.6) is 0 Å². The molecule has 5 rings (SSSR count). The molecule has 1 amide bonds. The van der Waals surface area contributed by atoms with Gasteiger partial charge in [-0.25, -0.2) is 4.39 Å². The van der Waals surface area contributed by atoms with Crippen LogP contribution in [0, 0.1) is 11.2 Å². The van der Waals surface area contributed by atoms with Gasteiger partial charge in [-0.05, 0) is 91.5 Å². The van der Waals surface area contributed by atoms with Crippen molar-refractivity contribution in [3.05, 3.63) is 76.7 Å². The van der Waals surface area contributed by atoms with E-state index in [1.807, 2.05) is 48.4 Å². The molecule has 1 aliphatic carbocycles. The fourth-order valence-corrected chi connectivity index (χ4v) is 5.60. The Balaban J connectivity index is 1.23. The summed E-state index contributed by atoms with van der Waals surface area (Å²) in [6, 6.07) is 14.5. The first-order valence-electron chi connectivity index (χ1n) is 11.0. The average Bonchev–Trinajstić information content (AvgIpc) is 2.77. The molecule has 1 saturated carbocycles. The summed E-state index contributed by atoms with van der Waals surface area (Å²) in [6.07, 6.45) is 6.13. The van der Waals surface area contributed by atoms with Gasteiger partial charge in [0.1, 0.15) is 5.82 Å². The smallest absolute Gasteiger partial charge is 0.229 e. The highest BCUT2D eigenvalue weighted by Gasteiger charge is 2.47. The lowest BCUT2D eigenvalue weighted by Crippen LogP contribution is -2.49. The summed E-state index contributed by atoms with van der Waals surface area (Å²) in [5, 5.41) is 1.62. The first kappa shape index (κ1) is 20.4. The molecule has 2 heterocycles. The summed E-state index contributed by atoms with van der Waals surface area (Å²) >= 11 is 5.98. The number of rotatable bonds is 3. The van der Waals surface area contributed by atoms with Gasteiger partial charge in [0, 0.05) is 29.7 Å². The first-order chi connectivity index (χ1) is 14.9. The average molecular weight is 437 g/mol. The molecule has 1 spiro atoms. The van der Waals surface area contributed by atoms with Gasteiger partial charge in [-0.3, -0.25) is 9.78 Å². The van der Waals surface area contributed by atoms with E-state index in [0.717, 1.165) is 55.2 Å². The fourth-order valence-electron chi connectivity index (χ4n) is 5.48. The third kappa shape index (κ3) is 3.82. The zero-order valence-corrected chi connectivity index (χ0v) is 18.4. The van der Waals surface area contributed by atoms with E-state index in [2.05, 4.69) is 4.98 Å². The summed E-state index contributed by atoms with van der Waals surface area (Å²) < 4.78 is 13.8. The Morgan fingerprint density at radius 3 is 2.55 bits per heavy atom. The molecule has 5 heteroatoms. The lowest BCUT2D eigenvalue weighted by molar-refractivity contribution is -0.136. The number of carbonyl (C=O) groups is 1. The summed E-state index contributed by atoms with van der Waals surface area (Å²) in [7, 11) is 0. The molecule has 0 bridgehead atoms. The van der Waals surface area contributed by atoms with E-state index >= 15 is 0 Å². The molecular formula is C26H26ClFN2O. The number of halogens is 2. The second-order valence-corrected chi connectivity index (χ2v) is 9.70. The Labute approximate surface area is 187 Å². The molecule has 1 aromatic heterocycles. The van der Waals surface area contributed by atoms with Crippen molar-refractivity contribution < 1.29 is 9.18 Å². The Bertz CT molecular complexity index is 1110. The molecule has 1 saturated heterocycles. The lowest BCUT2D eigenvalue weighted by atomic mass is 9.56. The molecule has 1 aliphatic heterocycles. The van der Waals surface area contributed by atoms with E-state index in [1.165, 1.54) is 11.6 Å². The minimum absolute atomic E-state index is 0.154. The maximum absolute atomic E-state index is 13.8. The Hall–Kier alpha value is -2.46. The Morgan fingerprint density at radius 2 is 1.84 bits per heavy atom. The highest BCUT2D eigenvalue weighted by atomic mass is 35.5. The van der Waals surface area contributed by atoms with Crippen molar-refractivity contribution in [3.63, 3.8) is 0 Å². The SMILES string of the molecule is CC(C(=O)N1CCC2(CC1)CC(c1ccnc3ccc(F)cc13)C2)c1ccc(Cl)cc1. The molecular weight excluding hydrogens is 411 g/mol. The number of hydrogen-bond donors (Lipinski definition) is 0. The predicted molar refractivity (Wildman–Crippen MR) is 122 cm³/mol. The Kier molecular flexibility index (Phi) is 5.21. The van der Waals surface area contributed by atoms with Gasteiger partial charge in [0.15, 0.2) is 0 Å². The van der Waals surface area contributed by atoms with Crippen LogP contribution in [0.1, 0.15) is 55.6 Å². The number of amides is 1. The number of aromatic nitrogens is 1. The molecule has 3 nitrogen and oxygen atoms in total. The molecule has 1 unspecified atom stereocenters. The highest BCUT2D eigenvalue weighted by molar-refractivity contribution is 6.30. The van der Waals surface area contributed by atoms with Gasteiger partial charge in [-0.2, -0.15) is 0 Å². The van der Waals surface area contributed by atoms with Crippen LogP contribution in [-0.4, -0.2) is 28.9 Å².